The molecule has 0 aliphatic heterocycles. The lowest BCUT2D eigenvalue weighted by Gasteiger charge is -2.13. The summed E-state index contributed by atoms with van der Waals surface area (Å²) in [5.74, 6) is 0.789. The second kappa shape index (κ2) is 11.5. The van der Waals surface area contributed by atoms with E-state index in [2.05, 4.69) is 15.8 Å². The number of carbonyl (C=O) groups is 2. The molecule has 0 heterocycles. The van der Waals surface area contributed by atoms with Crippen LogP contribution in [0.15, 0.2) is 65.8 Å². The van der Waals surface area contributed by atoms with Gasteiger partial charge in [-0.3, -0.25) is 9.59 Å². The van der Waals surface area contributed by atoms with Crippen LogP contribution >= 0.6 is 0 Å². The van der Waals surface area contributed by atoms with Crippen LogP contribution in [0.25, 0.3) is 0 Å². The van der Waals surface area contributed by atoms with Crippen LogP contribution in [-0.2, 0) is 4.79 Å². The Morgan fingerprint density at radius 2 is 1.74 bits per heavy atom. The molecule has 3 rings (SSSR count). The van der Waals surface area contributed by atoms with Crippen LogP contribution in [0.3, 0.4) is 0 Å². The van der Waals surface area contributed by atoms with Crippen molar-refractivity contribution >= 4 is 23.7 Å². The lowest BCUT2D eigenvalue weighted by molar-refractivity contribution is -0.118. The summed E-state index contributed by atoms with van der Waals surface area (Å²) < 4.78 is 16.1. The Bertz CT molecular complexity index is 1210. The predicted octanol–water partition coefficient (Wildman–Crippen LogP) is 4.10. The van der Waals surface area contributed by atoms with Crippen molar-refractivity contribution in [3.05, 3.63) is 82.9 Å². The molecule has 0 radical (unpaired) electrons. The molecule has 8 heteroatoms. The van der Waals surface area contributed by atoms with Gasteiger partial charge in [0.15, 0.2) is 18.1 Å². The molecule has 0 fully saturated rings. The molecule has 0 saturated carbocycles. The zero-order valence-corrected chi connectivity index (χ0v) is 19.5. The van der Waals surface area contributed by atoms with Crippen LogP contribution < -0.4 is 25.0 Å². The Balaban J connectivity index is 1.58. The molecule has 0 aliphatic rings. The molecule has 0 atom stereocenters. The molecule has 2 N–H and O–H groups in total. The fourth-order valence-electron chi connectivity index (χ4n) is 3.09. The van der Waals surface area contributed by atoms with Crippen molar-refractivity contribution in [1.29, 1.82) is 0 Å². The van der Waals surface area contributed by atoms with E-state index in [4.69, 9.17) is 14.2 Å². The van der Waals surface area contributed by atoms with Gasteiger partial charge in [-0.15, -0.1) is 0 Å². The van der Waals surface area contributed by atoms with Gasteiger partial charge in [-0.1, -0.05) is 18.2 Å². The minimum absolute atomic E-state index is 0.173. The molecule has 3 aromatic carbocycles. The fraction of sp³-hybridized carbons (Fsp3) is 0.192. The molecule has 0 aliphatic carbocycles. The number of hydrogen-bond donors (Lipinski definition) is 2. The highest BCUT2D eigenvalue weighted by atomic mass is 16.5. The van der Waals surface area contributed by atoms with Crippen LogP contribution in [-0.4, -0.2) is 38.9 Å². The van der Waals surface area contributed by atoms with E-state index in [1.54, 1.807) is 42.5 Å². The standard InChI is InChI=1S/C26H27N3O5/c1-17-7-5-10-22(18(17)2)28-25(30)16-34-23-12-11-19(13-24(23)33-4)15-27-29-26(31)20-8-6-9-21(14-20)32-3/h5-15H,16H2,1-4H3,(H,28,30)(H,29,31)/b27-15+. The summed E-state index contributed by atoms with van der Waals surface area (Å²) in [6, 6.07) is 17.6. The Morgan fingerprint density at radius 3 is 2.50 bits per heavy atom. The average Bonchev–Trinajstić information content (AvgIpc) is 2.85. The lowest BCUT2D eigenvalue weighted by atomic mass is 10.1. The summed E-state index contributed by atoms with van der Waals surface area (Å²) in [5.41, 5.74) is 6.43. The van der Waals surface area contributed by atoms with E-state index in [0.717, 1.165) is 16.8 Å². The van der Waals surface area contributed by atoms with E-state index >= 15 is 0 Å². The number of benzene rings is 3. The average molecular weight is 462 g/mol. The first-order valence-corrected chi connectivity index (χ1v) is 10.6. The van der Waals surface area contributed by atoms with Crippen LogP contribution in [0.1, 0.15) is 27.0 Å². The second-order valence-corrected chi connectivity index (χ2v) is 7.43. The SMILES string of the molecule is COc1cccc(C(=O)N/N=C/c2ccc(OCC(=O)Nc3cccc(C)c3C)c(OC)c2)c1. The third-order valence-electron chi connectivity index (χ3n) is 5.14. The number of anilines is 1. The summed E-state index contributed by atoms with van der Waals surface area (Å²) in [5, 5.41) is 6.84. The highest BCUT2D eigenvalue weighted by molar-refractivity contribution is 5.95. The number of amides is 2. The molecular weight excluding hydrogens is 434 g/mol. The minimum Gasteiger partial charge on any atom is -0.497 e. The van der Waals surface area contributed by atoms with Crippen molar-refractivity contribution in [1.82, 2.24) is 5.43 Å². The third-order valence-corrected chi connectivity index (χ3v) is 5.14. The van der Waals surface area contributed by atoms with Gasteiger partial charge in [0, 0.05) is 11.3 Å². The van der Waals surface area contributed by atoms with Crippen LogP contribution in [0, 0.1) is 13.8 Å². The normalized spacial score (nSPS) is 10.6. The van der Waals surface area contributed by atoms with Crippen LogP contribution in [0.4, 0.5) is 5.69 Å². The zero-order valence-electron chi connectivity index (χ0n) is 19.5. The van der Waals surface area contributed by atoms with E-state index in [1.807, 2.05) is 32.0 Å². The Kier molecular flexibility index (Phi) is 8.23. The fourth-order valence-corrected chi connectivity index (χ4v) is 3.09. The Hall–Kier alpha value is -4.33. The highest BCUT2D eigenvalue weighted by Crippen LogP contribution is 2.27. The first-order chi connectivity index (χ1) is 16.4. The lowest BCUT2D eigenvalue weighted by Crippen LogP contribution is -2.21. The van der Waals surface area contributed by atoms with E-state index in [1.165, 1.54) is 20.4 Å². The number of nitrogens with one attached hydrogen (secondary N) is 2. The number of aryl methyl sites for hydroxylation is 1. The maximum atomic E-state index is 12.3. The van der Waals surface area contributed by atoms with Crippen molar-refractivity contribution in [2.24, 2.45) is 5.10 Å². The maximum Gasteiger partial charge on any atom is 0.271 e. The topological polar surface area (TPSA) is 98.3 Å². The van der Waals surface area contributed by atoms with Gasteiger partial charge in [0.2, 0.25) is 0 Å². The zero-order chi connectivity index (χ0) is 24.5. The Labute approximate surface area is 198 Å². The molecule has 176 valence electrons. The summed E-state index contributed by atoms with van der Waals surface area (Å²) in [7, 11) is 3.04. The third kappa shape index (κ3) is 6.35. The second-order valence-electron chi connectivity index (χ2n) is 7.43. The van der Waals surface area contributed by atoms with Crippen LogP contribution in [0.5, 0.6) is 17.2 Å². The summed E-state index contributed by atoms with van der Waals surface area (Å²) in [6.07, 6.45) is 1.48. The highest BCUT2D eigenvalue weighted by Gasteiger charge is 2.10. The van der Waals surface area contributed by atoms with Crippen molar-refractivity contribution in [3.8, 4) is 17.2 Å². The van der Waals surface area contributed by atoms with E-state index < -0.39 is 0 Å². The summed E-state index contributed by atoms with van der Waals surface area (Å²) >= 11 is 0. The molecule has 8 nitrogen and oxygen atoms in total. The van der Waals surface area contributed by atoms with Crippen LogP contribution in [0.2, 0.25) is 0 Å². The molecular formula is C26H27N3O5. The Morgan fingerprint density at radius 1 is 0.941 bits per heavy atom. The van der Waals surface area contributed by atoms with E-state index in [0.29, 0.717) is 28.4 Å². The van der Waals surface area contributed by atoms with Gasteiger partial charge >= 0.3 is 0 Å². The van der Waals surface area contributed by atoms with Gasteiger partial charge in [-0.05, 0) is 73.0 Å². The summed E-state index contributed by atoms with van der Waals surface area (Å²) in [6.45, 7) is 3.77. The number of ether oxygens (including phenoxy) is 3. The van der Waals surface area contributed by atoms with Crippen molar-refractivity contribution in [2.75, 3.05) is 26.1 Å². The van der Waals surface area contributed by atoms with Gasteiger partial charge < -0.3 is 19.5 Å². The minimum atomic E-state index is -0.364. The molecule has 0 aromatic heterocycles. The van der Waals surface area contributed by atoms with Crippen molar-refractivity contribution in [2.45, 2.75) is 13.8 Å². The number of hydrazone groups is 1. The number of carbonyl (C=O) groups excluding carboxylic acids is 2. The smallest absolute Gasteiger partial charge is 0.271 e. The summed E-state index contributed by atoms with van der Waals surface area (Å²) in [4.78, 5) is 24.6. The van der Waals surface area contributed by atoms with Crippen molar-refractivity contribution < 1.29 is 23.8 Å². The van der Waals surface area contributed by atoms with Gasteiger partial charge in [0.1, 0.15) is 5.75 Å². The molecule has 0 bridgehead atoms. The molecule has 0 unspecified atom stereocenters. The maximum absolute atomic E-state index is 12.3. The largest absolute Gasteiger partial charge is 0.497 e. The van der Waals surface area contributed by atoms with Gasteiger partial charge in [-0.25, -0.2) is 5.43 Å². The number of nitrogens with zero attached hydrogens (tertiary/aromatic N) is 1. The van der Waals surface area contributed by atoms with Crippen molar-refractivity contribution in [3.63, 3.8) is 0 Å². The predicted molar refractivity (Wildman–Crippen MR) is 131 cm³/mol. The molecule has 0 spiro atoms. The van der Waals surface area contributed by atoms with Gasteiger partial charge in [0.05, 0.1) is 20.4 Å². The van der Waals surface area contributed by atoms with E-state index in [-0.39, 0.29) is 18.4 Å². The number of methoxy groups -OCH3 is 2. The quantitative estimate of drug-likeness (QED) is 0.369. The monoisotopic (exact) mass is 461 g/mol. The first-order valence-electron chi connectivity index (χ1n) is 10.6. The number of rotatable bonds is 9. The number of hydrogen-bond acceptors (Lipinski definition) is 6. The van der Waals surface area contributed by atoms with E-state index in [9.17, 15) is 9.59 Å². The molecule has 3 aromatic rings. The van der Waals surface area contributed by atoms with Gasteiger partial charge in [-0.2, -0.15) is 5.10 Å². The molecule has 34 heavy (non-hydrogen) atoms. The molecule has 0 saturated heterocycles. The molecule has 2 amide bonds. The van der Waals surface area contributed by atoms with Gasteiger partial charge in [0.25, 0.3) is 11.8 Å². The first kappa shape index (κ1) is 24.3.